The van der Waals surface area contributed by atoms with Crippen LogP contribution < -0.4 is 0 Å². The molecule has 3 heteroatoms. The molecular weight excluding hydrogens is 230 g/mol. The minimum atomic E-state index is 0.311. The van der Waals surface area contributed by atoms with E-state index in [9.17, 15) is 4.79 Å². The Morgan fingerprint density at radius 3 is 2.53 bits per heavy atom. The summed E-state index contributed by atoms with van der Waals surface area (Å²) in [4.78, 5) is 14.4. The SMILES string of the molecule is CC(C)(C)SCC1CCCCN1C(=O)C1CC1. The van der Waals surface area contributed by atoms with E-state index in [4.69, 9.17) is 0 Å². The number of hydrogen-bond acceptors (Lipinski definition) is 2. The van der Waals surface area contributed by atoms with Crippen LogP contribution in [-0.2, 0) is 4.79 Å². The molecular formula is C14H25NOS. The second kappa shape index (κ2) is 5.21. The van der Waals surface area contributed by atoms with Crippen molar-refractivity contribution in [3.8, 4) is 0 Å². The second-order valence-electron chi connectivity index (χ2n) is 6.38. The number of carbonyl (C=O) groups is 1. The van der Waals surface area contributed by atoms with E-state index >= 15 is 0 Å². The summed E-state index contributed by atoms with van der Waals surface area (Å²) in [5, 5.41) is 0. The fourth-order valence-corrected chi connectivity index (χ4v) is 3.41. The van der Waals surface area contributed by atoms with Gasteiger partial charge < -0.3 is 4.90 Å². The van der Waals surface area contributed by atoms with Crippen LogP contribution in [0, 0.1) is 5.92 Å². The van der Waals surface area contributed by atoms with E-state index in [0.717, 1.165) is 25.1 Å². The Bertz CT molecular complexity index is 280. The zero-order valence-electron chi connectivity index (χ0n) is 11.4. The van der Waals surface area contributed by atoms with E-state index in [1.807, 2.05) is 11.8 Å². The van der Waals surface area contributed by atoms with E-state index in [-0.39, 0.29) is 0 Å². The number of piperidine rings is 1. The van der Waals surface area contributed by atoms with Crippen LogP contribution in [0.3, 0.4) is 0 Å². The van der Waals surface area contributed by atoms with Crippen molar-refractivity contribution in [2.75, 3.05) is 12.3 Å². The summed E-state index contributed by atoms with van der Waals surface area (Å²) >= 11 is 2.00. The number of nitrogens with zero attached hydrogens (tertiary/aromatic N) is 1. The molecule has 1 amide bonds. The van der Waals surface area contributed by atoms with E-state index in [0.29, 0.717) is 22.6 Å². The molecule has 17 heavy (non-hydrogen) atoms. The third kappa shape index (κ3) is 3.90. The average Bonchev–Trinajstić information content (AvgIpc) is 3.08. The first kappa shape index (κ1) is 13.3. The van der Waals surface area contributed by atoms with Crippen LogP contribution >= 0.6 is 11.8 Å². The molecule has 0 N–H and O–H groups in total. The smallest absolute Gasteiger partial charge is 0.225 e. The molecule has 0 aromatic rings. The second-order valence-corrected chi connectivity index (χ2v) is 8.23. The summed E-state index contributed by atoms with van der Waals surface area (Å²) in [6.07, 6.45) is 5.98. The Labute approximate surface area is 110 Å². The number of rotatable bonds is 3. The van der Waals surface area contributed by atoms with Crippen LogP contribution in [0.1, 0.15) is 52.9 Å². The fraction of sp³-hybridized carbons (Fsp3) is 0.929. The number of hydrogen-bond donors (Lipinski definition) is 0. The Morgan fingerprint density at radius 2 is 1.94 bits per heavy atom. The molecule has 0 aromatic carbocycles. The molecule has 0 radical (unpaired) electrons. The van der Waals surface area contributed by atoms with Crippen molar-refractivity contribution in [1.82, 2.24) is 4.90 Å². The first-order valence-corrected chi connectivity index (χ1v) is 7.90. The number of thioether (sulfide) groups is 1. The summed E-state index contributed by atoms with van der Waals surface area (Å²) in [7, 11) is 0. The van der Waals surface area contributed by atoms with Crippen LogP contribution in [0.2, 0.25) is 0 Å². The van der Waals surface area contributed by atoms with Crippen LogP contribution in [0.15, 0.2) is 0 Å². The van der Waals surface area contributed by atoms with Crippen molar-refractivity contribution in [3.05, 3.63) is 0 Å². The van der Waals surface area contributed by atoms with E-state index in [2.05, 4.69) is 25.7 Å². The van der Waals surface area contributed by atoms with E-state index in [1.165, 1.54) is 19.3 Å². The maximum atomic E-state index is 12.2. The number of carbonyl (C=O) groups excluding carboxylic acids is 1. The lowest BCUT2D eigenvalue weighted by molar-refractivity contribution is -0.135. The van der Waals surface area contributed by atoms with Crippen molar-refractivity contribution in [1.29, 1.82) is 0 Å². The molecule has 1 atom stereocenters. The molecule has 0 bridgehead atoms. The molecule has 1 heterocycles. The largest absolute Gasteiger partial charge is 0.339 e. The highest BCUT2D eigenvalue weighted by atomic mass is 32.2. The lowest BCUT2D eigenvalue weighted by Crippen LogP contribution is -2.46. The highest BCUT2D eigenvalue weighted by Crippen LogP contribution is 2.35. The maximum absolute atomic E-state index is 12.2. The Hall–Kier alpha value is -0.180. The Morgan fingerprint density at radius 1 is 1.24 bits per heavy atom. The molecule has 98 valence electrons. The first-order valence-electron chi connectivity index (χ1n) is 6.92. The highest BCUT2D eigenvalue weighted by molar-refractivity contribution is 8.00. The van der Waals surface area contributed by atoms with Crippen LogP contribution in [0.25, 0.3) is 0 Å². The Balaban J connectivity index is 1.89. The van der Waals surface area contributed by atoms with E-state index in [1.54, 1.807) is 0 Å². The summed E-state index contributed by atoms with van der Waals surface area (Å²) in [6, 6.07) is 0.501. The van der Waals surface area contributed by atoms with Crippen LogP contribution in [0.5, 0.6) is 0 Å². The molecule has 2 rings (SSSR count). The van der Waals surface area contributed by atoms with Crippen molar-refractivity contribution < 1.29 is 4.79 Å². The summed E-state index contributed by atoms with van der Waals surface area (Å²) in [5.41, 5.74) is 0. The quantitative estimate of drug-likeness (QED) is 0.771. The molecule has 0 aromatic heterocycles. The van der Waals surface area contributed by atoms with Gasteiger partial charge in [-0.2, -0.15) is 11.8 Å². The molecule has 1 saturated carbocycles. The molecule has 2 nitrogen and oxygen atoms in total. The van der Waals surface area contributed by atoms with Gasteiger partial charge in [-0.25, -0.2) is 0 Å². The summed E-state index contributed by atoms with van der Waals surface area (Å²) in [5.74, 6) is 1.95. The first-order chi connectivity index (χ1) is 7.97. The molecule has 0 spiro atoms. The third-order valence-corrected chi connectivity index (χ3v) is 4.96. The molecule has 1 aliphatic carbocycles. The average molecular weight is 255 g/mol. The van der Waals surface area contributed by atoms with Crippen LogP contribution in [-0.4, -0.2) is 33.9 Å². The minimum Gasteiger partial charge on any atom is -0.339 e. The predicted molar refractivity (Wildman–Crippen MR) is 74.3 cm³/mol. The van der Waals surface area contributed by atoms with Gasteiger partial charge in [0.05, 0.1) is 0 Å². The maximum Gasteiger partial charge on any atom is 0.225 e. The molecule has 2 aliphatic rings. The zero-order valence-corrected chi connectivity index (χ0v) is 12.2. The van der Waals surface area contributed by atoms with Gasteiger partial charge >= 0.3 is 0 Å². The topological polar surface area (TPSA) is 20.3 Å². The Kier molecular flexibility index (Phi) is 4.06. The van der Waals surface area contributed by atoms with Crippen molar-refractivity contribution in [3.63, 3.8) is 0 Å². The van der Waals surface area contributed by atoms with Gasteiger partial charge in [-0.15, -0.1) is 0 Å². The van der Waals surface area contributed by atoms with Crippen molar-refractivity contribution in [2.24, 2.45) is 5.92 Å². The lowest BCUT2D eigenvalue weighted by atomic mass is 10.0. The zero-order chi connectivity index (χ0) is 12.5. The number of likely N-dealkylation sites (tertiary alicyclic amines) is 1. The highest BCUT2D eigenvalue weighted by Gasteiger charge is 2.37. The normalized spacial score (nSPS) is 26.1. The van der Waals surface area contributed by atoms with Gasteiger partial charge in [0.2, 0.25) is 5.91 Å². The summed E-state index contributed by atoms with van der Waals surface area (Å²) in [6.45, 7) is 7.78. The van der Waals surface area contributed by atoms with E-state index < -0.39 is 0 Å². The molecule has 1 unspecified atom stereocenters. The third-order valence-electron chi connectivity index (χ3n) is 3.55. The summed E-state index contributed by atoms with van der Waals surface area (Å²) < 4.78 is 0.311. The van der Waals surface area contributed by atoms with Crippen LogP contribution in [0.4, 0.5) is 0 Å². The molecule has 1 saturated heterocycles. The van der Waals surface area contributed by atoms with Crippen molar-refractivity contribution >= 4 is 17.7 Å². The van der Waals surface area contributed by atoms with Gasteiger partial charge in [0.1, 0.15) is 0 Å². The standard InChI is InChI=1S/C14H25NOS/c1-14(2,3)17-10-12-6-4-5-9-15(12)13(16)11-7-8-11/h11-12H,4-10H2,1-3H3. The van der Waals surface area contributed by atoms with Gasteiger partial charge in [-0.3, -0.25) is 4.79 Å². The van der Waals surface area contributed by atoms with Crippen molar-refractivity contribution in [2.45, 2.75) is 63.7 Å². The van der Waals surface area contributed by atoms with Gasteiger partial charge in [-0.05, 0) is 32.1 Å². The van der Waals surface area contributed by atoms with Gasteiger partial charge in [0.25, 0.3) is 0 Å². The van der Waals surface area contributed by atoms with Gasteiger partial charge in [-0.1, -0.05) is 20.8 Å². The van der Waals surface area contributed by atoms with Gasteiger partial charge in [0, 0.05) is 29.0 Å². The fourth-order valence-electron chi connectivity index (χ4n) is 2.37. The monoisotopic (exact) mass is 255 g/mol. The predicted octanol–water partition coefficient (Wildman–Crippen LogP) is 3.31. The molecule has 2 fully saturated rings. The minimum absolute atomic E-state index is 0.311. The number of amides is 1. The molecule has 1 aliphatic heterocycles. The van der Waals surface area contributed by atoms with Gasteiger partial charge in [0.15, 0.2) is 0 Å². The lowest BCUT2D eigenvalue weighted by Gasteiger charge is -2.37.